The summed E-state index contributed by atoms with van der Waals surface area (Å²) in [6, 6.07) is 2.14. The molecule has 1 aliphatic heterocycles. The molecule has 0 bridgehead atoms. The van der Waals surface area contributed by atoms with E-state index >= 15 is 0 Å². The van der Waals surface area contributed by atoms with E-state index in [0.717, 1.165) is 12.3 Å². The molecule has 1 atom stereocenters. The summed E-state index contributed by atoms with van der Waals surface area (Å²) >= 11 is 3.52. The van der Waals surface area contributed by atoms with E-state index in [1.165, 1.54) is 5.56 Å². The number of nitrogens with one attached hydrogen (secondary N) is 1. The summed E-state index contributed by atoms with van der Waals surface area (Å²) in [5.74, 6) is 1.01. The second-order valence-corrected chi connectivity index (χ2v) is 7.12. The fourth-order valence-corrected chi connectivity index (χ4v) is 3.77. The van der Waals surface area contributed by atoms with Gasteiger partial charge in [-0.05, 0) is 43.2 Å². The molecule has 1 aromatic heterocycles. The van der Waals surface area contributed by atoms with Crippen LogP contribution in [0, 0.1) is 0 Å². The van der Waals surface area contributed by atoms with E-state index in [-0.39, 0.29) is 16.9 Å². The highest BCUT2D eigenvalue weighted by Crippen LogP contribution is 2.38. The first-order valence-corrected chi connectivity index (χ1v) is 7.69. The lowest BCUT2D eigenvalue weighted by atomic mass is 10.1. The number of thiophene rings is 1. The van der Waals surface area contributed by atoms with Crippen molar-refractivity contribution in [3.05, 3.63) is 22.4 Å². The number of rotatable bonds is 1. The molecule has 5 heteroatoms. The predicted octanol–water partition coefficient (Wildman–Crippen LogP) is 3.30. The quantitative estimate of drug-likeness (QED) is 0.849. The van der Waals surface area contributed by atoms with Crippen molar-refractivity contribution in [2.45, 2.75) is 31.7 Å². The second-order valence-electron chi connectivity index (χ2n) is 5.15. The molecule has 17 heavy (non-hydrogen) atoms. The van der Waals surface area contributed by atoms with Gasteiger partial charge in [0.1, 0.15) is 5.37 Å². The molecule has 1 aliphatic rings. The number of thioether (sulfide) groups is 1. The van der Waals surface area contributed by atoms with Crippen molar-refractivity contribution in [1.29, 1.82) is 0 Å². The zero-order chi connectivity index (χ0) is 12.5. The SMILES string of the molecule is CC(C)(C)NC(=O)N1CCS[C@H]1c1ccsc1. The van der Waals surface area contributed by atoms with Gasteiger partial charge >= 0.3 is 6.03 Å². The summed E-state index contributed by atoms with van der Waals surface area (Å²) in [4.78, 5) is 14.1. The van der Waals surface area contributed by atoms with Crippen LogP contribution in [0.25, 0.3) is 0 Å². The molecule has 0 spiro atoms. The van der Waals surface area contributed by atoms with E-state index in [4.69, 9.17) is 0 Å². The lowest BCUT2D eigenvalue weighted by molar-refractivity contribution is 0.191. The summed E-state index contributed by atoms with van der Waals surface area (Å²) in [5, 5.41) is 7.40. The highest BCUT2D eigenvalue weighted by molar-refractivity contribution is 7.99. The second kappa shape index (κ2) is 4.90. The van der Waals surface area contributed by atoms with Gasteiger partial charge in [-0.15, -0.1) is 11.8 Å². The Kier molecular flexibility index (Phi) is 3.68. The van der Waals surface area contributed by atoms with Gasteiger partial charge in [-0.25, -0.2) is 4.79 Å². The minimum atomic E-state index is -0.177. The molecule has 2 amide bonds. The smallest absolute Gasteiger partial charge is 0.319 e. The first-order valence-electron chi connectivity index (χ1n) is 5.70. The van der Waals surface area contributed by atoms with Crippen molar-refractivity contribution in [1.82, 2.24) is 10.2 Å². The first-order chi connectivity index (χ1) is 7.97. The van der Waals surface area contributed by atoms with Gasteiger partial charge in [0.05, 0.1) is 0 Å². The lowest BCUT2D eigenvalue weighted by Crippen LogP contribution is -2.48. The Bertz CT molecular complexity index is 384. The molecule has 0 aromatic carbocycles. The summed E-state index contributed by atoms with van der Waals surface area (Å²) in [6.45, 7) is 6.85. The molecule has 0 radical (unpaired) electrons. The molecule has 94 valence electrons. The Labute approximate surface area is 111 Å². The summed E-state index contributed by atoms with van der Waals surface area (Å²) in [5.41, 5.74) is 1.06. The molecule has 1 saturated heterocycles. The van der Waals surface area contributed by atoms with Crippen LogP contribution in [0.5, 0.6) is 0 Å². The molecule has 0 unspecified atom stereocenters. The van der Waals surface area contributed by atoms with Crippen molar-refractivity contribution >= 4 is 29.1 Å². The zero-order valence-electron chi connectivity index (χ0n) is 10.4. The summed E-state index contributed by atoms with van der Waals surface area (Å²) in [7, 11) is 0. The van der Waals surface area contributed by atoms with Crippen LogP contribution in [0.1, 0.15) is 31.7 Å². The Morgan fingerprint density at radius 1 is 1.53 bits per heavy atom. The first kappa shape index (κ1) is 12.8. The molecule has 0 aliphatic carbocycles. The molecule has 2 heterocycles. The molecular formula is C12H18N2OS2. The van der Waals surface area contributed by atoms with E-state index in [2.05, 4.69) is 22.1 Å². The maximum absolute atomic E-state index is 12.2. The van der Waals surface area contributed by atoms with Crippen molar-refractivity contribution in [2.75, 3.05) is 12.3 Å². The van der Waals surface area contributed by atoms with Crippen LogP contribution in [-0.4, -0.2) is 28.8 Å². The lowest BCUT2D eigenvalue weighted by Gasteiger charge is -2.28. The van der Waals surface area contributed by atoms with E-state index in [1.807, 2.05) is 37.4 Å². The minimum Gasteiger partial charge on any atom is -0.333 e. The van der Waals surface area contributed by atoms with Gasteiger partial charge < -0.3 is 10.2 Å². The fourth-order valence-electron chi connectivity index (χ4n) is 1.76. The number of carbonyl (C=O) groups is 1. The fraction of sp³-hybridized carbons (Fsp3) is 0.583. The summed E-state index contributed by atoms with van der Waals surface area (Å²) in [6.07, 6.45) is 0. The number of hydrogen-bond donors (Lipinski definition) is 1. The number of amides is 2. The average molecular weight is 270 g/mol. The van der Waals surface area contributed by atoms with Crippen LogP contribution in [0.3, 0.4) is 0 Å². The molecule has 1 aromatic rings. The standard InChI is InChI=1S/C12H18N2OS2/c1-12(2,3)13-11(15)14-5-7-17-10(14)9-4-6-16-8-9/h4,6,8,10H,5,7H2,1-3H3,(H,13,15)/t10-/m0/s1. The van der Waals surface area contributed by atoms with Gasteiger partial charge in [-0.1, -0.05) is 0 Å². The Morgan fingerprint density at radius 3 is 2.88 bits per heavy atom. The van der Waals surface area contributed by atoms with Crippen LogP contribution in [-0.2, 0) is 0 Å². The third kappa shape index (κ3) is 3.16. The Hall–Kier alpha value is -0.680. The van der Waals surface area contributed by atoms with Crippen molar-refractivity contribution in [2.24, 2.45) is 0 Å². The van der Waals surface area contributed by atoms with E-state index < -0.39 is 0 Å². The van der Waals surface area contributed by atoms with Crippen molar-refractivity contribution in [3.8, 4) is 0 Å². The number of urea groups is 1. The predicted molar refractivity (Wildman–Crippen MR) is 74.5 cm³/mol. The monoisotopic (exact) mass is 270 g/mol. The van der Waals surface area contributed by atoms with Crippen LogP contribution in [0.15, 0.2) is 16.8 Å². The molecule has 1 fully saturated rings. The van der Waals surface area contributed by atoms with Crippen LogP contribution < -0.4 is 5.32 Å². The van der Waals surface area contributed by atoms with Crippen LogP contribution in [0.4, 0.5) is 4.79 Å². The third-order valence-corrected chi connectivity index (χ3v) is 4.42. The molecule has 1 N–H and O–H groups in total. The normalized spacial score (nSPS) is 20.6. The van der Waals surface area contributed by atoms with Gasteiger partial charge in [-0.2, -0.15) is 11.3 Å². The largest absolute Gasteiger partial charge is 0.333 e. The van der Waals surface area contributed by atoms with Crippen molar-refractivity contribution in [3.63, 3.8) is 0 Å². The van der Waals surface area contributed by atoms with Gasteiger partial charge in [0.15, 0.2) is 0 Å². The molecular weight excluding hydrogens is 252 g/mol. The third-order valence-electron chi connectivity index (χ3n) is 2.46. The van der Waals surface area contributed by atoms with Gasteiger partial charge in [-0.3, -0.25) is 0 Å². The van der Waals surface area contributed by atoms with Crippen molar-refractivity contribution < 1.29 is 4.79 Å². The molecule has 3 nitrogen and oxygen atoms in total. The molecule has 0 saturated carbocycles. The van der Waals surface area contributed by atoms with E-state index in [0.29, 0.717) is 0 Å². The van der Waals surface area contributed by atoms with E-state index in [1.54, 1.807) is 11.3 Å². The van der Waals surface area contributed by atoms with E-state index in [9.17, 15) is 4.79 Å². The number of carbonyl (C=O) groups excluding carboxylic acids is 1. The Balaban J connectivity index is 2.07. The number of hydrogen-bond acceptors (Lipinski definition) is 3. The number of nitrogens with zero attached hydrogens (tertiary/aromatic N) is 1. The molecule has 2 rings (SSSR count). The van der Waals surface area contributed by atoms with Crippen LogP contribution >= 0.6 is 23.1 Å². The average Bonchev–Trinajstić information content (AvgIpc) is 2.85. The van der Waals surface area contributed by atoms with Gasteiger partial charge in [0.2, 0.25) is 0 Å². The highest BCUT2D eigenvalue weighted by atomic mass is 32.2. The minimum absolute atomic E-state index is 0.0405. The maximum atomic E-state index is 12.2. The topological polar surface area (TPSA) is 32.3 Å². The van der Waals surface area contributed by atoms with Crippen LogP contribution in [0.2, 0.25) is 0 Å². The summed E-state index contributed by atoms with van der Waals surface area (Å²) < 4.78 is 0. The highest BCUT2D eigenvalue weighted by Gasteiger charge is 2.32. The maximum Gasteiger partial charge on any atom is 0.319 e. The zero-order valence-corrected chi connectivity index (χ0v) is 12.0. The van der Waals surface area contributed by atoms with Gasteiger partial charge in [0.25, 0.3) is 0 Å². The van der Waals surface area contributed by atoms with Gasteiger partial charge in [0, 0.05) is 17.8 Å². The Morgan fingerprint density at radius 2 is 2.29 bits per heavy atom.